The van der Waals surface area contributed by atoms with Crippen LogP contribution in [0.4, 0.5) is 9.18 Å². The van der Waals surface area contributed by atoms with E-state index < -0.39 is 23.7 Å². The maximum Gasteiger partial charge on any atom is 0.337 e. The van der Waals surface area contributed by atoms with Gasteiger partial charge in [0.25, 0.3) is 5.91 Å². The molecule has 156 valence electrons. The van der Waals surface area contributed by atoms with Crippen LogP contribution in [0.1, 0.15) is 21.7 Å². The van der Waals surface area contributed by atoms with E-state index in [4.69, 9.17) is 21.1 Å². The average Bonchev–Trinajstić information content (AvgIpc) is 3.29. The summed E-state index contributed by atoms with van der Waals surface area (Å²) >= 11 is 5.99. The Kier molecular flexibility index (Phi) is 5.31. The summed E-state index contributed by atoms with van der Waals surface area (Å²) in [4.78, 5) is 36.9. The second kappa shape index (κ2) is 8.08. The summed E-state index contributed by atoms with van der Waals surface area (Å²) in [5.74, 6) is -1.37. The van der Waals surface area contributed by atoms with Gasteiger partial charge in [-0.05, 0) is 42.0 Å². The first-order valence-electron chi connectivity index (χ1n) is 9.04. The number of benzene rings is 2. The molecule has 0 unspecified atom stereocenters. The van der Waals surface area contributed by atoms with Crippen molar-refractivity contribution < 1.29 is 28.3 Å². The lowest BCUT2D eigenvalue weighted by Crippen LogP contribution is -2.30. The number of hydrogen-bond acceptors (Lipinski definition) is 4. The van der Waals surface area contributed by atoms with E-state index in [1.54, 1.807) is 18.2 Å². The first-order valence-corrected chi connectivity index (χ1v) is 9.41. The summed E-state index contributed by atoms with van der Waals surface area (Å²) in [5.41, 5.74) is 1.17. The van der Waals surface area contributed by atoms with Gasteiger partial charge in [0.2, 0.25) is 0 Å². The van der Waals surface area contributed by atoms with E-state index in [-0.39, 0.29) is 22.8 Å². The summed E-state index contributed by atoms with van der Waals surface area (Å²) in [6.07, 6.45) is 1.39. The summed E-state index contributed by atoms with van der Waals surface area (Å²) in [7, 11) is 0. The van der Waals surface area contributed by atoms with Crippen LogP contribution < -0.4 is 5.32 Å². The molecule has 3 aromatic rings. The monoisotopic (exact) mass is 440 g/mol. The highest BCUT2D eigenvalue weighted by atomic mass is 35.5. The molecule has 2 N–H and O–H groups in total. The molecule has 7 nitrogen and oxygen atoms in total. The summed E-state index contributed by atoms with van der Waals surface area (Å²) in [6, 6.07) is 12.5. The van der Waals surface area contributed by atoms with Gasteiger partial charge in [0.15, 0.2) is 0 Å². The number of urea groups is 1. The maximum absolute atomic E-state index is 13.0. The van der Waals surface area contributed by atoms with Crippen LogP contribution in [0, 0.1) is 5.82 Å². The van der Waals surface area contributed by atoms with Gasteiger partial charge in [-0.15, -0.1) is 0 Å². The smallest absolute Gasteiger partial charge is 0.337 e. The molecule has 2 heterocycles. The number of nitrogens with zero attached hydrogens (tertiary/aromatic N) is 1. The molecule has 31 heavy (non-hydrogen) atoms. The normalized spacial score (nSPS) is 14.9. The number of amides is 3. The van der Waals surface area contributed by atoms with Crippen molar-refractivity contribution in [2.45, 2.75) is 6.54 Å². The van der Waals surface area contributed by atoms with Gasteiger partial charge in [-0.2, -0.15) is 0 Å². The lowest BCUT2D eigenvalue weighted by Gasteiger charge is -2.11. The Bertz CT molecular complexity index is 1230. The van der Waals surface area contributed by atoms with Crippen molar-refractivity contribution in [3.8, 4) is 11.3 Å². The standard InChI is InChI=1S/C22H14ClFN2O5/c23-17-9-13(3-7-16(17)21(28)29)19-8-6-15(31-19)10-18-20(27)26(22(30)25-18)11-12-1-4-14(24)5-2-12/h1-10H,11H2,(H,25,30)(H,28,29)/b18-10+. The number of nitrogens with one attached hydrogen (secondary N) is 1. The van der Waals surface area contributed by atoms with Gasteiger partial charge in [0.1, 0.15) is 23.0 Å². The SMILES string of the molecule is O=C(O)c1ccc(-c2ccc(/C=C3/NC(=O)N(Cc4ccc(F)cc4)C3=O)o2)cc1Cl. The van der Waals surface area contributed by atoms with E-state index in [2.05, 4.69) is 5.32 Å². The third-order valence-electron chi connectivity index (χ3n) is 4.61. The zero-order valence-corrected chi connectivity index (χ0v) is 16.5. The zero-order chi connectivity index (χ0) is 22.1. The fourth-order valence-corrected chi connectivity index (χ4v) is 3.32. The number of carbonyl (C=O) groups excluding carboxylic acids is 2. The van der Waals surface area contributed by atoms with Crippen LogP contribution >= 0.6 is 11.6 Å². The van der Waals surface area contributed by atoms with E-state index in [1.165, 1.54) is 42.5 Å². The van der Waals surface area contributed by atoms with E-state index in [1.807, 2.05) is 0 Å². The number of halogens is 2. The number of rotatable bonds is 5. The molecular weight excluding hydrogens is 427 g/mol. The van der Waals surface area contributed by atoms with Crippen LogP contribution in [0.5, 0.6) is 0 Å². The van der Waals surface area contributed by atoms with Crippen molar-refractivity contribution >= 4 is 35.6 Å². The van der Waals surface area contributed by atoms with E-state index >= 15 is 0 Å². The van der Waals surface area contributed by atoms with Crippen LogP contribution in [0.25, 0.3) is 17.4 Å². The predicted molar refractivity (Wildman–Crippen MR) is 110 cm³/mol. The minimum atomic E-state index is -1.14. The number of furan rings is 1. The number of carboxylic acids is 1. The highest BCUT2D eigenvalue weighted by molar-refractivity contribution is 6.33. The van der Waals surface area contributed by atoms with Gasteiger partial charge in [0.05, 0.1) is 17.1 Å². The Balaban J connectivity index is 1.53. The van der Waals surface area contributed by atoms with Gasteiger partial charge >= 0.3 is 12.0 Å². The molecule has 3 amide bonds. The number of carboxylic acid groups (broad SMARTS) is 1. The van der Waals surface area contributed by atoms with E-state index in [9.17, 15) is 18.8 Å². The van der Waals surface area contributed by atoms with Crippen molar-refractivity contribution in [1.29, 1.82) is 0 Å². The Hall–Kier alpha value is -3.91. The fraction of sp³-hybridized carbons (Fsp3) is 0.0455. The molecule has 1 aliphatic heterocycles. The molecule has 0 atom stereocenters. The molecular formula is C22H14ClFN2O5. The van der Waals surface area contributed by atoms with Crippen LogP contribution in [-0.4, -0.2) is 27.9 Å². The molecule has 1 aliphatic rings. The van der Waals surface area contributed by atoms with Gasteiger partial charge in [-0.1, -0.05) is 29.8 Å². The third kappa shape index (κ3) is 4.19. The quantitative estimate of drug-likeness (QED) is 0.448. The van der Waals surface area contributed by atoms with Crippen molar-refractivity contribution in [2.75, 3.05) is 0 Å². The molecule has 1 aromatic heterocycles. The molecule has 1 fully saturated rings. The molecule has 0 bridgehead atoms. The van der Waals surface area contributed by atoms with Gasteiger partial charge < -0.3 is 14.8 Å². The summed E-state index contributed by atoms with van der Waals surface area (Å²) < 4.78 is 18.7. The Labute approximate surface area is 180 Å². The van der Waals surface area contributed by atoms with Crippen LogP contribution in [0.2, 0.25) is 5.02 Å². The number of carbonyl (C=O) groups is 3. The number of aromatic carboxylic acids is 1. The largest absolute Gasteiger partial charge is 0.478 e. The van der Waals surface area contributed by atoms with E-state index in [0.29, 0.717) is 22.6 Å². The van der Waals surface area contributed by atoms with Gasteiger partial charge in [0, 0.05) is 11.6 Å². The molecule has 1 saturated heterocycles. The topological polar surface area (TPSA) is 99.9 Å². The van der Waals surface area contributed by atoms with Crippen LogP contribution in [0.15, 0.2) is 64.7 Å². The molecule has 2 aromatic carbocycles. The molecule has 0 radical (unpaired) electrons. The Morgan fingerprint density at radius 2 is 1.87 bits per heavy atom. The van der Waals surface area contributed by atoms with E-state index in [0.717, 1.165) is 4.90 Å². The van der Waals surface area contributed by atoms with Crippen molar-refractivity contribution in [2.24, 2.45) is 0 Å². The molecule has 0 saturated carbocycles. The van der Waals surface area contributed by atoms with Crippen molar-refractivity contribution in [3.63, 3.8) is 0 Å². The van der Waals surface area contributed by atoms with Crippen molar-refractivity contribution in [3.05, 3.63) is 88.0 Å². The predicted octanol–water partition coefficient (Wildman–Crippen LogP) is 4.53. The second-order valence-corrected chi connectivity index (χ2v) is 7.11. The highest BCUT2D eigenvalue weighted by Gasteiger charge is 2.33. The molecule has 0 spiro atoms. The van der Waals surface area contributed by atoms with Crippen LogP contribution in [-0.2, 0) is 11.3 Å². The van der Waals surface area contributed by atoms with Crippen LogP contribution in [0.3, 0.4) is 0 Å². The third-order valence-corrected chi connectivity index (χ3v) is 4.93. The zero-order valence-electron chi connectivity index (χ0n) is 15.8. The average molecular weight is 441 g/mol. The fourth-order valence-electron chi connectivity index (χ4n) is 3.06. The Morgan fingerprint density at radius 1 is 1.13 bits per heavy atom. The summed E-state index contributed by atoms with van der Waals surface area (Å²) in [6.45, 7) is 0.000116. The first kappa shape index (κ1) is 20.4. The number of hydrogen-bond donors (Lipinski definition) is 2. The lowest BCUT2D eigenvalue weighted by molar-refractivity contribution is -0.123. The molecule has 0 aliphatic carbocycles. The van der Waals surface area contributed by atoms with Gasteiger partial charge in [-0.25, -0.2) is 14.0 Å². The number of imide groups is 1. The minimum absolute atomic E-state index is 0.000116. The first-order chi connectivity index (χ1) is 14.8. The molecule has 4 rings (SSSR count). The minimum Gasteiger partial charge on any atom is -0.478 e. The second-order valence-electron chi connectivity index (χ2n) is 6.71. The summed E-state index contributed by atoms with van der Waals surface area (Å²) in [5, 5.41) is 11.6. The Morgan fingerprint density at radius 3 is 2.55 bits per heavy atom. The van der Waals surface area contributed by atoms with Gasteiger partial charge in [-0.3, -0.25) is 9.69 Å². The highest BCUT2D eigenvalue weighted by Crippen LogP contribution is 2.28. The lowest BCUT2D eigenvalue weighted by atomic mass is 10.1. The van der Waals surface area contributed by atoms with Crippen molar-refractivity contribution in [1.82, 2.24) is 10.2 Å². The maximum atomic E-state index is 13.0. The molecule has 9 heteroatoms.